The van der Waals surface area contributed by atoms with E-state index in [1.54, 1.807) is 0 Å². The Morgan fingerprint density at radius 1 is 1.08 bits per heavy atom. The number of hydrogen-bond donors (Lipinski definition) is 1. The van der Waals surface area contributed by atoms with Gasteiger partial charge >= 0.3 is 0 Å². The van der Waals surface area contributed by atoms with Gasteiger partial charge in [-0.05, 0) is 50.1 Å². The summed E-state index contributed by atoms with van der Waals surface area (Å²) >= 11 is 1.47. The van der Waals surface area contributed by atoms with Gasteiger partial charge in [0, 0.05) is 11.1 Å². The molecule has 1 unspecified atom stereocenters. The Kier molecular flexibility index (Phi) is 4.86. The molecule has 1 N–H and O–H groups in total. The van der Waals surface area contributed by atoms with Gasteiger partial charge in [0.15, 0.2) is 0 Å². The minimum atomic E-state index is -0.224. The highest BCUT2D eigenvalue weighted by molar-refractivity contribution is 8.00. The largest absolute Gasteiger partial charge is 0.325 e. The van der Waals surface area contributed by atoms with Crippen LogP contribution in [-0.2, 0) is 4.79 Å². The quantitative estimate of drug-likeness (QED) is 0.684. The number of rotatable bonds is 4. The first-order chi connectivity index (χ1) is 11.5. The highest BCUT2D eigenvalue weighted by atomic mass is 32.2. The van der Waals surface area contributed by atoms with Gasteiger partial charge in [-0.2, -0.15) is 0 Å². The molecule has 1 heterocycles. The SMILES string of the molecule is Cc1ccc(C)c(NC(=O)C(C)Sc2ccc3ccccc3n2)c1. The second-order valence-electron chi connectivity index (χ2n) is 5.91. The maximum Gasteiger partial charge on any atom is 0.237 e. The predicted octanol–water partition coefficient (Wildman–Crippen LogP) is 4.97. The number of aromatic nitrogens is 1. The number of nitrogens with zero attached hydrogens (tertiary/aromatic N) is 1. The summed E-state index contributed by atoms with van der Waals surface area (Å²) in [5.74, 6) is -0.0105. The van der Waals surface area contributed by atoms with Crippen molar-refractivity contribution in [1.29, 1.82) is 0 Å². The second-order valence-corrected chi connectivity index (χ2v) is 7.27. The molecule has 0 saturated heterocycles. The average Bonchev–Trinajstić information content (AvgIpc) is 2.58. The van der Waals surface area contributed by atoms with Gasteiger partial charge in [-0.1, -0.05) is 48.2 Å². The van der Waals surface area contributed by atoms with E-state index in [1.165, 1.54) is 11.8 Å². The van der Waals surface area contributed by atoms with E-state index >= 15 is 0 Å². The third kappa shape index (κ3) is 3.77. The van der Waals surface area contributed by atoms with E-state index in [4.69, 9.17) is 0 Å². The van der Waals surface area contributed by atoms with E-state index in [-0.39, 0.29) is 11.2 Å². The smallest absolute Gasteiger partial charge is 0.237 e. The van der Waals surface area contributed by atoms with E-state index in [2.05, 4.69) is 10.3 Å². The number of hydrogen-bond acceptors (Lipinski definition) is 3. The number of para-hydroxylation sites is 1. The fraction of sp³-hybridized carbons (Fsp3) is 0.200. The normalized spacial score (nSPS) is 12.1. The minimum Gasteiger partial charge on any atom is -0.325 e. The molecule has 0 aliphatic carbocycles. The molecule has 0 fully saturated rings. The second kappa shape index (κ2) is 7.05. The highest BCUT2D eigenvalue weighted by Gasteiger charge is 2.16. The van der Waals surface area contributed by atoms with Gasteiger partial charge < -0.3 is 5.32 Å². The lowest BCUT2D eigenvalue weighted by Gasteiger charge is -2.14. The van der Waals surface area contributed by atoms with Crippen molar-refractivity contribution in [2.75, 3.05) is 5.32 Å². The van der Waals surface area contributed by atoms with Gasteiger partial charge in [0.25, 0.3) is 0 Å². The van der Waals surface area contributed by atoms with Crippen LogP contribution in [0, 0.1) is 13.8 Å². The van der Waals surface area contributed by atoms with Crippen LogP contribution in [-0.4, -0.2) is 16.1 Å². The predicted molar refractivity (Wildman–Crippen MR) is 102 cm³/mol. The first-order valence-corrected chi connectivity index (χ1v) is 8.81. The zero-order valence-corrected chi connectivity index (χ0v) is 14.9. The third-order valence-corrected chi connectivity index (χ3v) is 4.93. The summed E-state index contributed by atoms with van der Waals surface area (Å²) in [6.07, 6.45) is 0. The molecule has 1 aromatic heterocycles. The van der Waals surface area contributed by atoms with Crippen molar-refractivity contribution in [2.45, 2.75) is 31.0 Å². The van der Waals surface area contributed by atoms with Gasteiger partial charge in [-0.15, -0.1) is 0 Å². The molecule has 122 valence electrons. The van der Waals surface area contributed by atoms with Crippen molar-refractivity contribution in [3.05, 3.63) is 65.7 Å². The molecule has 3 rings (SSSR count). The van der Waals surface area contributed by atoms with Crippen LogP contribution in [0.5, 0.6) is 0 Å². The van der Waals surface area contributed by atoms with Crippen molar-refractivity contribution in [1.82, 2.24) is 4.98 Å². The molecule has 0 aliphatic heterocycles. The fourth-order valence-electron chi connectivity index (χ4n) is 2.45. The first-order valence-electron chi connectivity index (χ1n) is 7.93. The molecule has 0 spiro atoms. The number of pyridine rings is 1. The number of nitrogens with one attached hydrogen (secondary N) is 1. The van der Waals surface area contributed by atoms with Crippen molar-refractivity contribution >= 4 is 34.3 Å². The molecular formula is C20H20N2OS. The number of fused-ring (bicyclic) bond motifs is 1. The molecule has 4 heteroatoms. The van der Waals surface area contributed by atoms with Gasteiger partial charge in [-0.3, -0.25) is 4.79 Å². The summed E-state index contributed by atoms with van der Waals surface area (Å²) in [4.78, 5) is 17.1. The Hall–Kier alpha value is -2.33. The van der Waals surface area contributed by atoms with E-state index in [0.29, 0.717) is 0 Å². The number of carbonyl (C=O) groups excluding carboxylic acids is 1. The monoisotopic (exact) mass is 336 g/mol. The fourth-order valence-corrected chi connectivity index (χ4v) is 3.28. The Morgan fingerprint density at radius 3 is 2.71 bits per heavy atom. The van der Waals surface area contributed by atoms with Crippen LogP contribution in [0.4, 0.5) is 5.69 Å². The van der Waals surface area contributed by atoms with Gasteiger partial charge in [0.1, 0.15) is 0 Å². The molecule has 24 heavy (non-hydrogen) atoms. The maximum atomic E-state index is 12.5. The molecule has 0 aliphatic rings. The molecule has 0 bridgehead atoms. The van der Waals surface area contributed by atoms with Crippen LogP contribution in [0.3, 0.4) is 0 Å². The van der Waals surface area contributed by atoms with Crippen LogP contribution in [0.1, 0.15) is 18.1 Å². The van der Waals surface area contributed by atoms with E-state index in [1.807, 2.05) is 75.4 Å². The van der Waals surface area contributed by atoms with Crippen LogP contribution >= 0.6 is 11.8 Å². The third-order valence-electron chi connectivity index (χ3n) is 3.89. The Morgan fingerprint density at radius 2 is 1.88 bits per heavy atom. The molecule has 2 aromatic carbocycles. The summed E-state index contributed by atoms with van der Waals surface area (Å²) in [5.41, 5.74) is 4.02. The molecule has 0 radical (unpaired) electrons. The summed E-state index contributed by atoms with van der Waals surface area (Å²) < 4.78 is 0. The molecule has 3 aromatic rings. The number of benzene rings is 2. The maximum absolute atomic E-state index is 12.5. The number of aryl methyl sites for hydroxylation is 2. The lowest BCUT2D eigenvalue weighted by molar-refractivity contribution is -0.115. The van der Waals surface area contributed by atoms with Crippen molar-refractivity contribution in [3.8, 4) is 0 Å². The Labute approximate surface area is 146 Å². The lowest BCUT2D eigenvalue weighted by Crippen LogP contribution is -2.23. The molecule has 0 saturated carbocycles. The summed E-state index contributed by atoms with van der Waals surface area (Å²) in [6.45, 7) is 5.92. The van der Waals surface area contributed by atoms with Gasteiger partial charge in [-0.25, -0.2) is 4.98 Å². The zero-order chi connectivity index (χ0) is 17.1. The Bertz CT molecular complexity index is 892. The van der Waals surface area contributed by atoms with Gasteiger partial charge in [0.05, 0.1) is 15.8 Å². The minimum absolute atomic E-state index is 0.0105. The van der Waals surface area contributed by atoms with Crippen LogP contribution in [0.15, 0.2) is 59.6 Å². The topological polar surface area (TPSA) is 42.0 Å². The Balaban J connectivity index is 1.72. The summed E-state index contributed by atoms with van der Waals surface area (Å²) in [5, 5.41) is 4.76. The van der Waals surface area contributed by atoms with Crippen LogP contribution < -0.4 is 5.32 Å². The van der Waals surface area contributed by atoms with Crippen molar-refractivity contribution < 1.29 is 4.79 Å². The van der Waals surface area contributed by atoms with E-state index < -0.39 is 0 Å². The van der Waals surface area contributed by atoms with Crippen molar-refractivity contribution in [3.63, 3.8) is 0 Å². The number of anilines is 1. The van der Waals surface area contributed by atoms with Gasteiger partial charge in [0.2, 0.25) is 5.91 Å². The molecule has 1 atom stereocenters. The van der Waals surface area contributed by atoms with E-state index in [9.17, 15) is 4.79 Å². The molecular weight excluding hydrogens is 316 g/mol. The summed E-state index contributed by atoms with van der Waals surface area (Å²) in [6, 6.07) is 18.1. The average molecular weight is 336 g/mol. The first kappa shape index (κ1) is 16.5. The molecule has 3 nitrogen and oxygen atoms in total. The van der Waals surface area contributed by atoms with Crippen LogP contribution in [0.25, 0.3) is 10.9 Å². The standard InChI is InChI=1S/C20H20N2OS/c1-13-8-9-14(2)18(12-13)22-20(23)15(3)24-19-11-10-16-6-4-5-7-17(16)21-19/h4-12,15H,1-3H3,(H,22,23). The number of thioether (sulfide) groups is 1. The highest BCUT2D eigenvalue weighted by Crippen LogP contribution is 2.25. The van der Waals surface area contributed by atoms with Crippen molar-refractivity contribution in [2.24, 2.45) is 0 Å². The van der Waals surface area contributed by atoms with E-state index in [0.717, 1.165) is 32.7 Å². The number of carbonyl (C=O) groups is 1. The lowest BCUT2D eigenvalue weighted by atomic mass is 10.1. The zero-order valence-electron chi connectivity index (χ0n) is 14.0. The molecule has 1 amide bonds. The van der Waals surface area contributed by atoms with Crippen LogP contribution in [0.2, 0.25) is 0 Å². The summed E-state index contributed by atoms with van der Waals surface area (Å²) in [7, 11) is 0. The number of amides is 1.